The molecule has 2 rings (SSSR count). The minimum atomic E-state index is 0.203. The zero-order chi connectivity index (χ0) is 9.26. The highest BCUT2D eigenvalue weighted by atomic mass is 16.2. The Balaban J connectivity index is 1.77. The number of carbonyl (C=O) groups excluding carboxylic acids is 1. The summed E-state index contributed by atoms with van der Waals surface area (Å²) in [5.41, 5.74) is 1.13. The minimum absolute atomic E-state index is 0.203. The summed E-state index contributed by atoms with van der Waals surface area (Å²) in [6.45, 7) is 2.76. The van der Waals surface area contributed by atoms with Crippen LogP contribution in [0.4, 0.5) is 0 Å². The average molecular weight is 178 g/mol. The lowest BCUT2D eigenvalue weighted by atomic mass is 10.3. The minimum Gasteiger partial charge on any atom is -0.367 e. The first-order chi connectivity index (χ1) is 6.27. The van der Waals surface area contributed by atoms with Crippen molar-refractivity contribution in [3.8, 4) is 0 Å². The number of hydrogen-bond donors (Lipinski definition) is 2. The van der Waals surface area contributed by atoms with Crippen molar-refractivity contribution in [1.29, 1.82) is 0 Å². The van der Waals surface area contributed by atoms with E-state index in [-0.39, 0.29) is 11.8 Å². The first kappa shape index (κ1) is 8.35. The maximum absolute atomic E-state index is 11.4. The number of aromatic amines is 1. The first-order valence-electron chi connectivity index (χ1n) is 4.67. The number of amides is 1. The van der Waals surface area contributed by atoms with Crippen LogP contribution in [0.2, 0.25) is 0 Å². The largest absolute Gasteiger partial charge is 0.367 e. The van der Waals surface area contributed by atoms with Gasteiger partial charge in [0, 0.05) is 24.9 Å². The smallest absolute Gasteiger partial charge is 0.223 e. The van der Waals surface area contributed by atoms with E-state index in [4.69, 9.17) is 0 Å². The third-order valence-corrected chi connectivity index (χ3v) is 2.58. The highest BCUT2D eigenvalue weighted by Crippen LogP contribution is 2.37. The molecule has 0 spiro atoms. The molecule has 0 radical (unpaired) electrons. The number of nitrogens with one attached hydrogen (secondary N) is 2. The molecule has 1 heterocycles. The molecule has 2 atom stereocenters. The van der Waals surface area contributed by atoms with Crippen LogP contribution >= 0.6 is 0 Å². The zero-order valence-electron chi connectivity index (χ0n) is 7.71. The summed E-state index contributed by atoms with van der Waals surface area (Å²) in [4.78, 5) is 14.3. The predicted octanol–water partition coefficient (Wildman–Crippen LogP) is 1.29. The summed E-state index contributed by atoms with van der Waals surface area (Å²) in [5.74, 6) is 1.07. The average Bonchev–Trinajstić information content (AvgIpc) is 2.68. The molecule has 1 aromatic rings. The van der Waals surface area contributed by atoms with Gasteiger partial charge in [-0.3, -0.25) is 4.79 Å². The van der Waals surface area contributed by atoms with E-state index >= 15 is 0 Å². The van der Waals surface area contributed by atoms with Crippen molar-refractivity contribution in [2.75, 3.05) is 0 Å². The fourth-order valence-electron chi connectivity index (χ4n) is 1.48. The molecular formula is C10H14N2O. The number of aromatic nitrogens is 1. The number of hydrogen-bond acceptors (Lipinski definition) is 1. The van der Waals surface area contributed by atoms with Crippen molar-refractivity contribution in [2.45, 2.75) is 19.9 Å². The topological polar surface area (TPSA) is 44.9 Å². The molecule has 0 saturated heterocycles. The van der Waals surface area contributed by atoms with Crippen molar-refractivity contribution >= 4 is 5.91 Å². The summed E-state index contributed by atoms with van der Waals surface area (Å²) in [5, 5.41) is 2.92. The quantitative estimate of drug-likeness (QED) is 0.719. The molecule has 3 nitrogen and oxygen atoms in total. The maximum Gasteiger partial charge on any atom is 0.223 e. The van der Waals surface area contributed by atoms with E-state index in [0.717, 1.165) is 12.0 Å². The molecule has 2 unspecified atom stereocenters. The molecule has 0 aliphatic heterocycles. The lowest BCUT2D eigenvalue weighted by molar-refractivity contribution is -0.122. The van der Waals surface area contributed by atoms with Crippen LogP contribution < -0.4 is 5.32 Å². The third kappa shape index (κ3) is 1.91. The standard InChI is InChI=1S/C10H14N2O/c1-7-4-9(7)10(13)12-6-8-2-3-11-5-8/h2-3,5,7,9,11H,4,6H2,1H3,(H,12,13). The molecule has 1 aliphatic rings. The Morgan fingerprint density at radius 1 is 1.77 bits per heavy atom. The maximum atomic E-state index is 11.4. The van der Waals surface area contributed by atoms with Crippen LogP contribution in [0.15, 0.2) is 18.5 Å². The summed E-state index contributed by atoms with van der Waals surface area (Å²) in [6, 6.07) is 1.97. The molecule has 1 aromatic heterocycles. The van der Waals surface area contributed by atoms with E-state index in [1.165, 1.54) is 0 Å². The molecule has 3 heteroatoms. The van der Waals surface area contributed by atoms with Crippen molar-refractivity contribution in [1.82, 2.24) is 10.3 Å². The molecular weight excluding hydrogens is 164 g/mol. The third-order valence-electron chi connectivity index (χ3n) is 2.58. The summed E-state index contributed by atoms with van der Waals surface area (Å²) >= 11 is 0. The van der Waals surface area contributed by atoms with Gasteiger partial charge in [0.15, 0.2) is 0 Å². The summed E-state index contributed by atoms with van der Waals surface area (Å²) in [6.07, 6.45) is 4.82. The van der Waals surface area contributed by atoms with E-state index in [1.54, 1.807) is 0 Å². The second-order valence-corrected chi connectivity index (χ2v) is 3.76. The first-order valence-corrected chi connectivity index (χ1v) is 4.67. The highest BCUT2D eigenvalue weighted by molar-refractivity contribution is 5.81. The van der Waals surface area contributed by atoms with Gasteiger partial charge in [0.2, 0.25) is 5.91 Å². The number of rotatable bonds is 3. The van der Waals surface area contributed by atoms with Crippen molar-refractivity contribution in [3.05, 3.63) is 24.0 Å². The Morgan fingerprint density at radius 3 is 3.08 bits per heavy atom. The Kier molecular flexibility index (Phi) is 2.08. The Hall–Kier alpha value is -1.25. The molecule has 70 valence electrons. The SMILES string of the molecule is CC1CC1C(=O)NCc1cc[nH]c1. The van der Waals surface area contributed by atoms with Gasteiger partial charge in [-0.25, -0.2) is 0 Å². The molecule has 0 bridgehead atoms. The molecule has 0 aromatic carbocycles. The second kappa shape index (κ2) is 3.24. The van der Waals surface area contributed by atoms with Crippen LogP contribution in [0, 0.1) is 11.8 Å². The van der Waals surface area contributed by atoms with Crippen molar-refractivity contribution in [2.24, 2.45) is 11.8 Å². The zero-order valence-corrected chi connectivity index (χ0v) is 7.71. The van der Waals surface area contributed by atoms with Gasteiger partial charge >= 0.3 is 0 Å². The predicted molar refractivity (Wildman–Crippen MR) is 49.9 cm³/mol. The molecule has 1 aliphatic carbocycles. The normalized spacial score (nSPS) is 25.6. The second-order valence-electron chi connectivity index (χ2n) is 3.76. The van der Waals surface area contributed by atoms with Gasteiger partial charge in [-0.1, -0.05) is 6.92 Å². The lowest BCUT2D eigenvalue weighted by Crippen LogP contribution is -2.24. The van der Waals surface area contributed by atoms with E-state index < -0.39 is 0 Å². The molecule has 13 heavy (non-hydrogen) atoms. The van der Waals surface area contributed by atoms with Crippen LogP contribution in [-0.4, -0.2) is 10.9 Å². The van der Waals surface area contributed by atoms with E-state index in [2.05, 4.69) is 17.2 Å². The number of carbonyl (C=O) groups is 1. The molecule has 1 amide bonds. The van der Waals surface area contributed by atoms with Gasteiger partial charge in [0.25, 0.3) is 0 Å². The highest BCUT2D eigenvalue weighted by Gasteiger charge is 2.38. The number of H-pyrrole nitrogens is 1. The molecule has 1 fully saturated rings. The summed E-state index contributed by atoms with van der Waals surface area (Å²) < 4.78 is 0. The van der Waals surface area contributed by atoms with Crippen LogP contribution in [0.1, 0.15) is 18.9 Å². The van der Waals surface area contributed by atoms with Gasteiger partial charge in [0.1, 0.15) is 0 Å². The fourth-order valence-corrected chi connectivity index (χ4v) is 1.48. The Labute approximate surface area is 77.5 Å². The van der Waals surface area contributed by atoms with Gasteiger partial charge in [-0.2, -0.15) is 0 Å². The Morgan fingerprint density at radius 2 is 2.54 bits per heavy atom. The Bertz CT molecular complexity index is 292. The van der Waals surface area contributed by atoms with E-state index in [1.807, 2.05) is 18.5 Å². The van der Waals surface area contributed by atoms with Crippen LogP contribution in [0.25, 0.3) is 0 Å². The van der Waals surface area contributed by atoms with Gasteiger partial charge in [-0.15, -0.1) is 0 Å². The molecule has 1 saturated carbocycles. The van der Waals surface area contributed by atoms with E-state index in [0.29, 0.717) is 12.5 Å². The van der Waals surface area contributed by atoms with Gasteiger partial charge in [0.05, 0.1) is 0 Å². The van der Waals surface area contributed by atoms with Crippen molar-refractivity contribution in [3.63, 3.8) is 0 Å². The van der Waals surface area contributed by atoms with Gasteiger partial charge in [-0.05, 0) is 24.0 Å². The van der Waals surface area contributed by atoms with Gasteiger partial charge < -0.3 is 10.3 Å². The van der Waals surface area contributed by atoms with Crippen LogP contribution in [0.3, 0.4) is 0 Å². The molecule has 2 N–H and O–H groups in total. The van der Waals surface area contributed by atoms with E-state index in [9.17, 15) is 4.79 Å². The van der Waals surface area contributed by atoms with Crippen LogP contribution in [0.5, 0.6) is 0 Å². The van der Waals surface area contributed by atoms with Crippen LogP contribution in [-0.2, 0) is 11.3 Å². The van der Waals surface area contributed by atoms with Crippen molar-refractivity contribution < 1.29 is 4.79 Å². The summed E-state index contributed by atoms with van der Waals surface area (Å²) in [7, 11) is 0. The lowest BCUT2D eigenvalue weighted by Gasteiger charge is -2.01. The monoisotopic (exact) mass is 178 g/mol. The fraction of sp³-hybridized carbons (Fsp3) is 0.500.